The monoisotopic (exact) mass is 236 g/mol. The van der Waals surface area contributed by atoms with Gasteiger partial charge in [0.15, 0.2) is 5.01 Å². The van der Waals surface area contributed by atoms with Crippen molar-refractivity contribution >= 4 is 22.4 Å². The second-order valence-electron chi connectivity index (χ2n) is 2.65. The van der Waals surface area contributed by atoms with E-state index in [2.05, 4.69) is 20.8 Å². The lowest BCUT2D eigenvalue weighted by Crippen LogP contribution is -2.18. The number of hydrogen-bond donors (Lipinski definition) is 2. The van der Waals surface area contributed by atoms with Gasteiger partial charge in [0.1, 0.15) is 0 Å². The predicted molar refractivity (Wildman–Crippen MR) is 52.0 cm³/mol. The molecule has 0 saturated carbocycles. The highest BCUT2D eigenvalue weighted by atomic mass is 32.1. The molecule has 1 amide bonds. The van der Waals surface area contributed by atoms with E-state index in [1.807, 2.05) is 0 Å². The Bertz CT molecular complexity index is 331. The molecule has 5 nitrogen and oxygen atoms in total. The minimum Gasteiger partial charge on any atom is -0.319 e. The van der Waals surface area contributed by atoms with Crippen molar-refractivity contribution in [3.8, 4) is 0 Å². The molecule has 15 heavy (non-hydrogen) atoms. The van der Waals surface area contributed by atoms with Crippen molar-refractivity contribution in [2.45, 2.75) is 12.8 Å². The standard InChI is InChI=1S/C7H10F2N4OS/c1-10-3-2-4(14)11-7-13-12-6(15-7)5(8)9/h5,10H,2-3H2,1H3,(H,11,13,14). The molecule has 8 heteroatoms. The van der Waals surface area contributed by atoms with Crippen molar-refractivity contribution in [2.24, 2.45) is 0 Å². The van der Waals surface area contributed by atoms with Crippen LogP contribution in [0.3, 0.4) is 0 Å². The number of anilines is 1. The lowest BCUT2D eigenvalue weighted by atomic mass is 10.4. The van der Waals surface area contributed by atoms with Gasteiger partial charge in [-0.3, -0.25) is 4.79 Å². The summed E-state index contributed by atoms with van der Waals surface area (Å²) < 4.78 is 24.2. The minimum atomic E-state index is -2.65. The van der Waals surface area contributed by atoms with Gasteiger partial charge in [0, 0.05) is 13.0 Å². The summed E-state index contributed by atoms with van der Waals surface area (Å²) in [6.07, 6.45) is -2.38. The van der Waals surface area contributed by atoms with Crippen LogP contribution in [0.15, 0.2) is 0 Å². The highest BCUT2D eigenvalue weighted by Gasteiger charge is 2.14. The van der Waals surface area contributed by atoms with E-state index < -0.39 is 6.43 Å². The maximum Gasteiger partial charge on any atom is 0.291 e. The van der Waals surface area contributed by atoms with E-state index in [4.69, 9.17) is 0 Å². The van der Waals surface area contributed by atoms with Gasteiger partial charge in [-0.15, -0.1) is 10.2 Å². The van der Waals surface area contributed by atoms with E-state index in [1.165, 1.54) is 0 Å². The average molecular weight is 236 g/mol. The molecule has 2 N–H and O–H groups in total. The number of nitrogens with zero attached hydrogens (tertiary/aromatic N) is 2. The van der Waals surface area contributed by atoms with Crippen molar-refractivity contribution < 1.29 is 13.6 Å². The molecule has 1 aromatic heterocycles. The van der Waals surface area contributed by atoms with Crippen molar-refractivity contribution in [1.82, 2.24) is 15.5 Å². The van der Waals surface area contributed by atoms with E-state index in [1.54, 1.807) is 7.05 Å². The number of aromatic nitrogens is 2. The summed E-state index contributed by atoms with van der Waals surface area (Å²) in [5.41, 5.74) is 0. The fourth-order valence-electron chi connectivity index (χ4n) is 0.794. The fourth-order valence-corrected chi connectivity index (χ4v) is 1.41. The van der Waals surface area contributed by atoms with E-state index in [-0.39, 0.29) is 22.5 Å². The molecular weight excluding hydrogens is 226 g/mol. The third-order valence-corrected chi connectivity index (χ3v) is 2.32. The van der Waals surface area contributed by atoms with Crippen molar-refractivity contribution in [3.63, 3.8) is 0 Å². The minimum absolute atomic E-state index is 0.103. The Labute approximate surface area is 88.9 Å². The number of nitrogens with one attached hydrogen (secondary N) is 2. The van der Waals surface area contributed by atoms with Crippen LogP contribution in [0, 0.1) is 0 Å². The highest BCUT2D eigenvalue weighted by molar-refractivity contribution is 7.15. The molecule has 0 bridgehead atoms. The van der Waals surface area contributed by atoms with E-state index in [0.717, 1.165) is 0 Å². The largest absolute Gasteiger partial charge is 0.319 e. The Hall–Kier alpha value is -1.15. The molecule has 1 rings (SSSR count). The van der Waals surface area contributed by atoms with E-state index in [9.17, 15) is 13.6 Å². The Morgan fingerprint density at radius 1 is 1.53 bits per heavy atom. The molecule has 1 heterocycles. The van der Waals surface area contributed by atoms with Crippen LogP contribution in [0.5, 0.6) is 0 Å². The van der Waals surface area contributed by atoms with Crippen LogP contribution in [-0.4, -0.2) is 29.7 Å². The molecule has 0 aliphatic carbocycles. The summed E-state index contributed by atoms with van der Waals surface area (Å²) >= 11 is 0.678. The maximum absolute atomic E-state index is 12.1. The third kappa shape index (κ3) is 3.84. The summed E-state index contributed by atoms with van der Waals surface area (Å²) in [6, 6.07) is 0. The first-order valence-corrected chi connectivity index (χ1v) is 5.01. The lowest BCUT2D eigenvalue weighted by Gasteiger charge is -1.99. The third-order valence-electron chi connectivity index (χ3n) is 1.48. The van der Waals surface area contributed by atoms with Crippen molar-refractivity contribution in [3.05, 3.63) is 5.01 Å². The SMILES string of the molecule is CNCCC(=O)Nc1nnc(C(F)F)s1. The quantitative estimate of drug-likeness (QED) is 0.801. The van der Waals surface area contributed by atoms with E-state index >= 15 is 0 Å². The molecule has 0 aliphatic heterocycles. The normalized spacial score (nSPS) is 10.7. The second kappa shape index (κ2) is 5.66. The number of carbonyl (C=O) groups is 1. The molecule has 0 spiro atoms. The molecule has 0 atom stereocenters. The Balaban J connectivity index is 2.46. The van der Waals surface area contributed by atoms with Gasteiger partial charge in [-0.25, -0.2) is 8.78 Å². The molecule has 84 valence electrons. The second-order valence-corrected chi connectivity index (χ2v) is 3.66. The zero-order valence-electron chi connectivity index (χ0n) is 7.96. The zero-order chi connectivity index (χ0) is 11.3. The van der Waals surface area contributed by atoms with Gasteiger partial charge in [-0.1, -0.05) is 11.3 Å². The molecule has 0 fully saturated rings. The molecule has 1 aromatic rings. The van der Waals surface area contributed by atoms with Gasteiger partial charge in [0.25, 0.3) is 6.43 Å². The molecule has 0 unspecified atom stereocenters. The fraction of sp³-hybridized carbons (Fsp3) is 0.571. The van der Waals surface area contributed by atoms with Gasteiger partial charge in [0.05, 0.1) is 0 Å². The van der Waals surface area contributed by atoms with Crippen LogP contribution in [0.1, 0.15) is 17.9 Å². The first kappa shape index (κ1) is 11.9. The number of halogens is 2. The van der Waals surface area contributed by atoms with Crippen LogP contribution < -0.4 is 10.6 Å². The summed E-state index contributed by atoms with van der Waals surface area (Å²) in [5, 5.41) is 11.6. The van der Waals surface area contributed by atoms with Gasteiger partial charge < -0.3 is 10.6 Å². The maximum atomic E-state index is 12.1. The summed E-state index contributed by atoms with van der Waals surface area (Å²) in [4.78, 5) is 11.2. The topological polar surface area (TPSA) is 66.9 Å². The zero-order valence-corrected chi connectivity index (χ0v) is 8.77. The molecule has 0 aromatic carbocycles. The van der Waals surface area contributed by atoms with Crippen molar-refractivity contribution in [2.75, 3.05) is 18.9 Å². The Morgan fingerprint density at radius 2 is 2.27 bits per heavy atom. The average Bonchev–Trinajstić information content (AvgIpc) is 2.63. The van der Waals surface area contributed by atoms with Crippen LogP contribution in [-0.2, 0) is 4.79 Å². The van der Waals surface area contributed by atoms with Crippen LogP contribution in [0.2, 0.25) is 0 Å². The highest BCUT2D eigenvalue weighted by Crippen LogP contribution is 2.24. The van der Waals surface area contributed by atoms with Crippen LogP contribution in [0.25, 0.3) is 0 Å². The smallest absolute Gasteiger partial charge is 0.291 e. The lowest BCUT2D eigenvalue weighted by molar-refractivity contribution is -0.116. The first-order valence-electron chi connectivity index (χ1n) is 4.19. The van der Waals surface area contributed by atoms with E-state index in [0.29, 0.717) is 17.9 Å². The van der Waals surface area contributed by atoms with Gasteiger partial charge in [-0.2, -0.15) is 0 Å². The molecular formula is C7H10F2N4OS. The summed E-state index contributed by atoms with van der Waals surface area (Å²) in [5.74, 6) is -0.277. The number of alkyl halides is 2. The molecule has 0 radical (unpaired) electrons. The van der Waals surface area contributed by atoms with Crippen LogP contribution in [0.4, 0.5) is 13.9 Å². The van der Waals surface area contributed by atoms with Gasteiger partial charge in [-0.05, 0) is 7.05 Å². The first-order chi connectivity index (χ1) is 7.13. The number of amides is 1. The van der Waals surface area contributed by atoms with Crippen LogP contribution >= 0.6 is 11.3 Å². The number of rotatable bonds is 5. The Morgan fingerprint density at radius 3 is 2.80 bits per heavy atom. The molecule has 0 saturated heterocycles. The molecule has 0 aliphatic rings. The van der Waals surface area contributed by atoms with Gasteiger partial charge in [0.2, 0.25) is 11.0 Å². The summed E-state index contributed by atoms with van der Waals surface area (Å²) in [7, 11) is 1.72. The Kier molecular flexibility index (Phi) is 4.50. The predicted octanol–water partition coefficient (Wildman–Crippen LogP) is 1.02. The number of carbonyl (C=O) groups excluding carboxylic acids is 1. The van der Waals surface area contributed by atoms with Crippen molar-refractivity contribution in [1.29, 1.82) is 0 Å². The number of hydrogen-bond acceptors (Lipinski definition) is 5. The summed E-state index contributed by atoms with van der Waals surface area (Å²) in [6.45, 7) is 0.520. The van der Waals surface area contributed by atoms with Gasteiger partial charge >= 0.3 is 0 Å².